The molecule has 0 fully saturated rings. The van der Waals surface area contributed by atoms with Crippen LogP contribution >= 0.6 is 0 Å². The Morgan fingerprint density at radius 1 is 1.53 bits per heavy atom. The fraction of sp³-hybridized carbons (Fsp3) is 0.417. The minimum Gasteiger partial charge on any atom is -0.481 e. The number of aryl methyl sites for hydroxylation is 1. The summed E-state index contributed by atoms with van der Waals surface area (Å²) in [5.41, 5.74) is 0.994. The van der Waals surface area contributed by atoms with Gasteiger partial charge in [0.25, 0.3) is 0 Å². The molecule has 0 saturated carbocycles. The molecular weight excluding hydrogens is 220 g/mol. The van der Waals surface area contributed by atoms with Gasteiger partial charge < -0.3 is 10.4 Å². The monoisotopic (exact) mass is 236 g/mol. The normalized spacial score (nSPS) is 11.8. The van der Waals surface area contributed by atoms with Crippen LogP contribution in [-0.4, -0.2) is 28.0 Å². The Kier molecular flexibility index (Phi) is 5.13. The van der Waals surface area contributed by atoms with Crippen molar-refractivity contribution in [1.29, 1.82) is 0 Å². The molecule has 1 heterocycles. The SMILES string of the molecule is CC(CC(=O)O)NC(=O)CCc1cccnc1. The molecule has 17 heavy (non-hydrogen) atoms. The van der Waals surface area contributed by atoms with E-state index in [4.69, 9.17) is 5.11 Å². The summed E-state index contributed by atoms with van der Waals surface area (Å²) in [6, 6.07) is 3.38. The minimum atomic E-state index is -0.912. The predicted octanol–water partition coefficient (Wildman–Crippen LogP) is 0.994. The van der Waals surface area contributed by atoms with Gasteiger partial charge in [-0.2, -0.15) is 0 Å². The quantitative estimate of drug-likeness (QED) is 0.772. The van der Waals surface area contributed by atoms with E-state index in [1.807, 2.05) is 12.1 Å². The van der Waals surface area contributed by atoms with E-state index in [0.29, 0.717) is 12.8 Å². The minimum absolute atomic E-state index is 0.0569. The second-order valence-electron chi connectivity index (χ2n) is 3.93. The molecule has 1 aromatic rings. The van der Waals surface area contributed by atoms with Crippen molar-refractivity contribution < 1.29 is 14.7 Å². The number of rotatable bonds is 6. The lowest BCUT2D eigenvalue weighted by molar-refractivity contribution is -0.137. The van der Waals surface area contributed by atoms with Crippen LogP contribution in [0.3, 0.4) is 0 Å². The van der Waals surface area contributed by atoms with Gasteiger partial charge in [0.2, 0.25) is 5.91 Å². The number of aromatic nitrogens is 1. The van der Waals surface area contributed by atoms with Gasteiger partial charge in [0.05, 0.1) is 6.42 Å². The number of carboxylic acid groups (broad SMARTS) is 1. The Bertz CT molecular complexity index is 379. The van der Waals surface area contributed by atoms with Gasteiger partial charge in [0.1, 0.15) is 0 Å². The molecule has 0 radical (unpaired) electrons. The van der Waals surface area contributed by atoms with E-state index in [1.165, 1.54) is 0 Å². The van der Waals surface area contributed by atoms with Crippen LogP contribution in [0.4, 0.5) is 0 Å². The van der Waals surface area contributed by atoms with Crippen LogP contribution in [0.2, 0.25) is 0 Å². The standard InChI is InChI=1S/C12H16N2O3/c1-9(7-12(16)17)14-11(15)5-4-10-3-2-6-13-8-10/h2-3,6,8-9H,4-5,7H2,1H3,(H,14,15)(H,16,17). The van der Waals surface area contributed by atoms with E-state index >= 15 is 0 Å². The highest BCUT2D eigenvalue weighted by molar-refractivity contribution is 5.77. The fourth-order valence-corrected chi connectivity index (χ4v) is 1.46. The van der Waals surface area contributed by atoms with Crippen molar-refractivity contribution in [2.45, 2.75) is 32.2 Å². The van der Waals surface area contributed by atoms with Crippen LogP contribution in [0.1, 0.15) is 25.3 Å². The molecule has 92 valence electrons. The topological polar surface area (TPSA) is 79.3 Å². The first-order valence-corrected chi connectivity index (χ1v) is 5.48. The molecule has 0 aliphatic heterocycles. The molecule has 2 N–H and O–H groups in total. The second-order valence-corrected chi connectivity index (χ2v) is 3.93. The van der Waals surface area contributed by atoms with Crippen molar-refractivity contribution in [3.8, 4) is 0 Å². The molecular formula is C12H16N2O3. The van der Waals surface area contributed by atoms with Gasteiger partial charge >= 0.3 is 5.97 Å². The fourth-order valence-electron chi connectivity index (χ4n) is 1.46. The summed E-state index contributed by atoms with van der Waals surface area (Å²) in [4.78, 5) is 25.8. The number of hydrogen-bond acceptors (Lipinski definition) is 3. The molecule has 1 rings (SSSR count). The third-order valence-electron chi connectivity index (χ3n) is 2.25. The Hall–Kier alpha value is -1.91. The number of nitrogens with one attached hydrogen (secondary N) is 1. The van der Waals surface area contributed by atoms with Gasteiger partial charge in [-0.3, -0.25) is 14.6 Å². The van der Waals surface area contributed by atoms with Crippen LogP contribution < -0.4 is 5.32 Å². The summed E-state index contributed by atoms with van der Waals surface area (Å²) in [5, 5.41) is 11.2. The molecule has 0 bridgehead atoms. The van der Waals surface area contributed by atoms with Gasteiger partial charge in [-0.1, -0.05) is 6.07 Å². The highest BCUT2D eigenvalue weighted by atomic mass is 16.4. The van der Waals surface area contributed by atoms with Crippen molar-refractivity contribution in [2.75, 3.05) is 0 Å². The van der Waals surface area contributed by atoms with E-state index in [1.54, 1.807) is 19.3 Å². The maximum absolute atomic E-state index is 11.5. The first-order chi connectivity index (χ1) is 8.08. The van der Waals surface area contributed by atoms with Gasteiger partial charge in [-0.05, 0) is 25.0 Å². The largest absolute Gasteiger partial charge is 0.481 e. The first kappa shape index (κ1) is 13.2. The number of carbonyl (C=O) groups is 2. The number of nitrogens with zero attached hydrogens (tertiary/aromatic N) is 1. The molecule has 1 amide bonds. The maximum Gasteiger partial charge on any atom is 0.305 e. The van der Waals surface area contributed by atoms with Gasteiger partial charge in [-0.25, -0.2) is 0 Å². The molecule has 5 nitrogen and oxygen atoms in total. The van der Waals surface area contributed by atoms with Crippen molar-refractivity contribution >= 4 is 11.9 Å². The van der Waals surface area contributed by atoms with Gasteiger partial charge in [0, 0.05) is 24.9 Å². The zero-order valence-electron chi connectivity index (χ0n) is 9.72. The van der Waals surface area contributed by atoms with E-state index in [9.17, 15) is 9.59 Å². The Labute approximate surface area is 99.9 Å². The van der Waals surface area contributed by atoms with Gasteiger partial charge in [-0.15, -0.1) is 0 Å². The highest BCUT2D eigenvalue weighted by Gasteiger charge is 2.10. The summed E-state index contributed by atoms with van der Waals surface area (Å²) >= 11 is 0. The molecule has 0 aliphatic rings. The van der Waals surface area contributed by atoms with E-state index in [2.05, 4.69) is 10.3 Å². The van der Waals surface area contributed by atoms with Crippen molar-refractivity contribution in [3.05, 3.63) is 30.1 Å². The number of hydrogen-bond donors (Lipinski definition) is 2. The van der Waals surface area contributed by atoms with E-state index in [-0.39, 0.29) is 18.4 Å². The average molecular weight is 236 g/mol. The Morgan fingerprint density at radius 3 is 2.88 bits per heavy atom. The number of carboxylic acids is 1. The van der Waals surface area contributed by atoms with Gasteiger partial charge in [0.15, 0.2) is 0 Å². The third kappa shape index (κ3) is 5.65. The molecule has 0 aromatic carbocycles. The molecule has 5 heteroatoms. The molecule has 0 spiro atoms. The van der Waals surface area contributed by atoms with E-state index < -0.39 is 5.97 Å². The second kappa shape index (κ2) is 6.62. The number of pyridine rings is 1. The summed E-state index contributed by atoms with van der Waals surface area (Å²) in [6.45, 7) is 1.68. The maximum atomic E-state index is 11.5. The van der Waals surface area contributed by atoms with E-state index in [0.717, 1.165) is 5.56 Å². The van der Waals surface area contributed by atoms with Crippen molar-refractivity contribution in [1.82, 2.24) is 10.3 Å². The average Bonchev–Trinajstić information content (AvgIpc) is 2.26. The number of aliphatic carboxylic acids is 1. The van der Waals surface area contributed by atoms with Crippen molar-refractivity contribution in [2.24, 2.45) is 0 Å². The Balaban J connectivity index is 2.28. The smallest absolute Gasteiger partial charge is 0.305 e. The number of amides is 1. The Morgan fingerprint density at radius 2 is 2.29 bits per heavy atom. The third-order valence-corrected chi connectivity index (χ3v) is 2.25. The summed E-state index contributed by atoms with van der Waals surface area (Å²) in [6.07, 6.45) is 4.29. The molecule has 0 saturated heterocycles. The summed E-state index contributed by atoms with van der Waals surface area (Å²) < 4.78 is 0. The first-order valence-electron chi connectivity index (χ1n) is 5.48. The van der Waals surface area contributed by atoms with Crippen LogP contribution in [-0.2, 0) is 16.0 Å². The lowest BCUT2D eigenvalue weighted by Gasteiger charge is -2.11. The van der Waals surface area contributed by atoms with Crippen LogP contribution in [0.25, 0.3) is 0 Å². The number of carbonyl (C=O) groups excluding carboxylic acids is 1. The zero-order chi connectivity index (χ0) is 12.7. The van der Waals surface area contributed by atoms with Crippen molar-refractivity contribution in [3.63, 3.8) is 0 Å². The molecule has 1 atom stereocenters. The summed E-state index contributed by atoms with van der Waals surface area (Å²) in [7, 11) is 0. The van der Waals surface area contributed by atoms with Crippen LogP contribution in [0.5, 0.6) is 0 Å². The lowest BCUT2D eigenvalue weighted by Crippen LogP contribution is -2.34. The molecule has 1 aromatic heterocycles. The van der Waals surface area contributed by atoms with Crippen LogP contribution in [0, 0.1) is 0 Å². The molecule has 1 unspecified atom stereocenters. The molecule has 0 aliphatic carbocycles. The summed E-state index contributed by atoms with van der Waals surface area (Å²) in [5.74, 6) is -1.05. The zero-order valence-corrected chi connectivity index (χ0v) is 9.72. The van der Waals surface area contributed by atoms with Crippen LogP contribution in [0.15, 0.2) is 24.5 Å². The predicted molar refractivity (Wildman–Crippen MR) is 62.4 cm³/mol. The lowest BCUT2D eigenvalue weighted by atomic mass is 10.1. The highest BCUT2D eigenvalue weighted by Crippen LogP contribution is 2.01.